The fourth-order valence-electron chi connectivity index (χ4n) is 2.54. The highest BCUT2D eigenvalue weighted by Crippen LogP contribution is 2.15. The third-order valence-corrected chi connectivity index (χ3v) is 3.76. The van der Waals surface area contributed by atoms with E-state index in [4.69, 9.17) is 4.74 Å². The zero-order valence-electron chi connectivity index (χ0n) is 13.2. The molecule has 3 rings (SSSR count). The van der Waals surface area contributed by atoms with Crippen molar-refractivity contribution in [2.24, 2.45) is 0 Å². The van der Waals surface area contributed by atoms with E-state index in [9.17, 15) is 9.18 Å². The Hall–Kier alpha value is -2.82. The van der Waals surface area contributed by atoms with Crippen molar-refractivity contribution in [3.8, 4) is 5.75 Å². The Bertz CT molecular complexity index is 812. The summed E-state index contributed by atoms with van der Waals surface area (Å²) in [6, 6.07) is 15.9. The Morgan fingerprint density at radius 2 is 1.88 bits per heavy atom. The van der Waals surface area contributed by atoms with Gasteiger partial charge in [-0.2, -0.15) is 0 Å². The Kier molecular flexibility index (Phi) is 5.11. The lowest BCUT2D eigenvalue weighted by atomic mass is 10.2. The molecule has 0 fully saturated rings. The summed E-state index contributed by atoms with van der Waals surface area (Å²) < 4.78 is 20.2. The van der Waals surface area contributed by atoms with Gasteiger partial charge in [0, 0.05) is 24.8 Å². The highest BCUT2D eigenvalue weighted by molar-refractivity contribution is 5.80. The minimum atomic E-state index is -0.329. The molecule has 0 saturated carbocycles. The minimum Gasteiger partial charge on any atom is -0.484 e. The van der Waals surface area contributed by atoms with Gasteiger partial charge in [-0.3, -0.25) is 4.79 Å². The first-order chi connectivity index (χ1) is 11.7. The van der Waals surface area contributed by atoms with Crippen molar-refractivity contribution >= 4 is 16.8 Å². The quantitative estimate of drug-likeness (QED) is 0.677. The monoisotopic (exact) mass is 326 g/mol. The molecule has 5 heteroatoms. The molecule has 2 aromatic carbocycles. The lowest BCUT2D eigenvalue weighted by Crippen LogP contribution is -2.30. The first kappa shape index (κ1) is 16.1. The normalized spacial score (nSPS) is 10.7. The number of fused-ring (bicyclic) bond motifs is 1. The lowest BCUT2D eigenvalue weighted by molar-refractivity contribution is -0.123. The van der Waals surface area contributed by atoms with Crippen molar-refractivity contribution in [2.75, 3.05) is 13.2 Å². The third kappa shape index (κ3) is 4.13. The number of hydrogen-bond acceptors (Lipinski definition) is 2. The van der Waals surface area contributed by atoms with Gasteiger partial charge in [0.15, 0.2) is 6.61 Å². The van der Waals surface area contributed by atoms with Crippen LogP contribution < -0.4 is 10.1 Å². The molecule has 4 nitrogen and oxygen atoms in total. The van der Waals surface area contributed by atoms with Gasteiger partial charge in [-0.25, -0.2) is 4.39 Å². The van der Waals surface area contributed by atoms with Crippen LogP contribution in [-0.4, -0.2) is 23.6 Å². The number of amides is 1. The van der Waals surface area contributed by atoms with E-state index in [-0.39, 0.29) is 18.3 Å². The molecule has 124 valence electrons. The van der Waals surface area contributed by atoms with Crippen LogP contribution in [0.1, 0.15) is 6.42 Å². The number of aryl methyl sites for hydroxylation is 1. The molecule has 0 aliphatic rings. The molecular formula is C19H19FN2O2. The van der Waals surface area contributed by atoms with E-state index in [1.165, 1.54) is 35.2 Å². The predicted molar refractivity (Wildman–Crippen MR) is 91.5 cm³/mol. The number of benzene rings is 2. The molecule has 24 heavy (non-hydrogen) atoms. The van der Waals surface area contributed by atoms with E-state index in [1.807, 2.05) is 12.1 Å². The molecule has 1 heterocycles. The first-order valence-corrected chi connectivity index (χ1v) is 7.91. The third-order valence-electron chi connectivity index (χ3n) is 3.76. The number of halogens is 1. The van der Waals surface area contributed by atoms with E-state index in [2.05, 4.69) is 34.3 Å². The minimum absolute atomic E-state index is 0.0713. The average Bonchev–Trinajstić information content (AvgIpc) is 3.01. The summed E-state index contributed by atoms with van der Waals surface area (Å²) in [7, 11) is 0. The Balaban J connectivity index is 1.38. The largest absolute Gasteiger partial charge is 0.484 e. The second kappa shape index (κ2) is 7.64. The van der Waals surface area contributed by atoms with Crippen molar-refractivity contribution in [3.63, 3.8) is 0 Å². The Labute approximate surface area is 139 Å². The number of carbonyl (C=O) groups excluding carboxylic acids is 1. The summed E-state index contributed by atoms with van der Waals surface area (Å²) in [5, 5.41) is 4.04. The molecule has 0 radical (unpaired) electrons. The summed E-state index contributed by atoms with van der Waals surface area (Å²) in [4.78, 5) is 11.7. The SMILES string of the molecule is O=C(COc1ccc(F)cc1)NCCCn1ccc2ccccc21. The maximum Gasteiger partial charge on any atom is 0.257 e. The van der Waals surface area contributed by atoms with Crippen LogP contribution in [0.25, 0.3) is 10.9 Å². The fourth-order valence-corrected chi connectivity index (χ4v) is 2.54. The van der Waals surface area contributed by atoms with Crippen molar-refractivity contribution < 1.29 is 13.9 Å². The molecule has 0 atom stereocenters. The van der Waals surface area contributed by atoms with E-state index in [0.29, 0.717) is 12.3 Å². The van der Waals surface area contributed by atoms with Crippen LogP contribution in [0.5, 0.6) is 5.75 Å². The molecule has 1 aromatic heterocycles. The number of hydrogen-bond donors (Lipinski definition) is 1. The molecule has 1 N–H and O–H groups in total. The van der Waals surface area contributed by atoms with Gasteiger partial charge >= 0.3 is 0 Å². The van der Waals surface area contributed by atoms with E-state index in [0.717, 1.165) is 13.0 Å². The second-order valence-corrected chi connectivity index (χ2v) is 5.51. The lowest BCUT2D eigenvalue weighted by Gasteiger charge is -2.08. The van der Waals surface area contributed by atoms with Crippen LogP contribution in [0.2, 0.25) is 0 Å². The van der Waals surface area contributed by atoms with Gasteiger partial charge in [0.1, 0.15) is 11.6 Å². The number of nitrogens with zero attached hydrogens (tertiary/aromatic N) is 1. The van der Waals surface area contributed by atoms with Crippen molar-refractivity contribution in [1.29, 1.82) is 0 Å². The number of ether oxygens (including phenoxy) is 1. The highest BCUT2D eigenvalue weighted by atomic mass is 19.1. The summed E-state index contributed by atoms with van der Waals surface area (Å²) in [6.07, 6.45) is 2.89. The summed E-state index contributed by atoms with van der Waals surface area (Å²) in [6.45, 7) is 1.35. The van der Waals surface area contributed by atoms with Gasteiger partial charge < -0.3 is 14.6 Å². The zero-order valence-corrected chi connectivity index (χ0v) is 13.2. The maximum absolute atomic E-state index is 12.8. The van der Waals surface area contributed by atoms with Crippen molar-refractivity contribution in [1.82, 2.24) is 9.88 Å². The average molecular weight is 326 g/mol. The summed E-state index contributed by atoms with van der Waals surface area (Å²) in [5.74, 6) is -0.0358. The second-order valence-electron chi connectivity index (χ2n) is 5.51. The molecule has 0 bridgehead atoms. The first-order valence-electron chi connectivity index (χ1n) is 7.91. The molecule has 0 spiro atoms. The van der Waals surface area contributed by atoms with Crippen molar-refractivity contribution in [3.05, 3.63) is 66.6 Å². The van der Waals surface area contributed by atoms with E-state index >= 15 is 0 Å². The molecular weight excluding hydrogens is 307 g/mol. The van der Waals surface area contributed by atoms with Gasteiger partial charge in [-0.1, -0.05) is 18.2 Å². The predicted octanol–water partition coefficient (Wildman–Crippen LogP) is 3.37. The number of para-hydroxylation sites is 1. The van der Waals surface area contributed by atoms with Crippen LogP contribution in [-0.2, 0) is 11.3 Å². The Morgan fingerprint density at radius 1 is 1.08 bits per heavy atom. The Morgan fingerprint density at radius 3 is 2.71 bits per heavy atom. The topological polar surface area (TPSA) is 43.3 Å². The van der Waals surface area contributed by atoms with Crippen LogP contribution >= 0.6 is 0 Å². The van der Waals surface area contributed by atoms with E-state index < -0.39 is 0 Å². The highest BCUT2D eigenvalue weighted by Gasteiger charge is 2.03. The van der Waals surface area contributed by atoms with Gasteiger partial charge in [0.25, 0.3) is 5.91 Å². The maximum atomic E-state index is 12.8. The molecule has 0 aliphatic carbocycles. The standard InChI is InChI=1S/C19H19FN2O2/c20-16-6-8-17(9-7-16)24-14-19(23)21-11-3-12-22-13-10-15-4-1-2-5-18(15)22/h1-2,4-10,13H,3,11-12,14H2,(H,21,23). The number of nitrogens with one attached hydrogen (secondary N) is 1. The van der Waals surface area contributed by atoms with Gasteiger partial charge in [0.2, 0.25) is 0 Å². The van der Waals surface area contributed by atoms with Crippen LogP contribution in [0.15, 0.2) is 60.8 Å². The molecule has 0 saturated heterocycles. The molecule has 0 unspecified atom stereocenters. The van der Waals surface area contributed by atoms with Gasteiger partial charge in [-0.05, 0) is 48.2 Å². The van der Waals surface area contributed by atoms with Crippen LogP contribution in [0.4, 0.5) is 4.39 Å². The van der Waals surface area contributed by atoms with Crippen LogP contribution in [0.3, 0.4) is 0 Å². The van der Waals surface area contributed by atoms with E-state index in [1.54, 1.807) is 0 Å². The molecule has 1 amide bonds. The summed E-state index contributed by atoms with van der Waals surface area (Å²) >= 11 is 0. The number of aromatic nitrogens is 1. The zero-order chi connectivity index (χ0) is 16.8. The summed E-state index contributed by atoms with van der Waals surface area (Å²) in [5.41, 5.74) is 1.20. The smallest absolute Gasteiger partial charge is 0.257 e. The van der Waals surface area contributed by atoms with Gasteiger partial charge in [-0.15, -0.1) is 0 Å². The van der Waals surface area contributed by atoms with Gasteiger partial charge in [0.05, 0.1) is 0 Å². The molecule has 0 aliphatic heterocycles. The fraction of sp³-hybridized carbons (Fsp3) is 0.211. The molecule has 3 aromatic rings. The number of carbonyl (C=O) groups is 1. The van der Waals surface area contributed by atoms with Crippen LogP contribution in [0, 0.1) is 5.82 Å². The van der Waals surface area contributed by atoms with Crippen molar-refractivity contribution in [2.45, 2.75) is 13.0 Å². The number of rotatable bonds is 7.